The quantitative estimate of drug-likeness (QED) is 0.323. The molecule has 1 aliphatic carbocycles. The third-order valence-electron chi connectivity index (χ3n) is 6.51. The first kappa shape index (κ1) is 29.6. The lowest BCUT2D eigenvalue weighted by molar-refractivity contribution is -0.145. The Bertz CT molecular complexity index is 1160. The molecule has 2 heterocycles. The van der Waals surface area contributed by atoms with Crippen molar-refractivity contribution in [2.45, 2.75) is 63.7 Å². The van der Waals surface area contributed by atoms with Crippen LogP contribution in [0.5, 0.6) is 0 Å². The molecule has 206 valence electrons. The van der Waals surface area contributed by atoms with Gasteiger partial charge in [-0.3, -0.25) is 9.59 Å². The third-order valence-corrected chi connectivity index (χ3v) is 7.56. The van der Waals surface area contributed by atoms with Gasteiger partial charge in [-0.25, -0.2) is 13.2 Å². The van der Waals surface area contributed by atoms with E-state index in [4.69, 9.17) is 0 Å². The standard InChI is InChI=1S/C14H13F2NOS.C14H20FNO3/c15-12-1-2-14(16)11(7-12)5-10-6-13(19-8-10)3-4-17-9-18;1-9(17)13(18)14(19)16-8-2-3-12(16)10-4-6-11(15)7-5-10/h1-2,6-9H,3-5H2,(H,17,18);4,6,9,12-13,17-18H,2-3,5,7-8H2,1H3. The Morgan fingerprint density at radius 2 is 2.00 bits per heavy atom. The fourth-order valence-electron chi connectivity index (χ4n) is 4.50. The Kier molecular flexibility index (Phi) is 11.1. The van der Waals surface area contributed by atoms with Crippen molar-refractivity contribution in [2.75, 3.05) is 13.1 Å². The molecule has 0 saturated carbocycles. The van der Waals surface area contributed by atoms with E-state index in [0.29, 0.717) is 44.3 Å². The highest BCUT2D eigenvalue weighted by atomic mass is 32.1. The highest BCUT2D eigenvalue weighted by molar-refractivity contribution is 7.10. The molecule has 1 aliphatic heterocycles. The molecule has 4 rings (SSSR count). The van der Waals surface area contributed by atoms with E-state index in [9.17, 15) is 33.0 Å². The van der Waals surface area contributed by atoms with Crippen molar-refractivity contribution in [2.24, 2.45) is 0 Å². The van der Waals surface area contributed by atoms with E-state index >= 15 is 0 Å². The molecule has 3 N–H and O–H groups in total. The summed E-state index contributed by atoms with van der Waals surface area (Å²) >= 11 is 1.56. The van der Waals surface area contributed by atoms with Crippen LogP contribution in [0.15, 0.2) is 53.2 Å². The Morgan fingerprint density at radius 3 is 2.68 bits per heavy atom. The number of nitrogens with one attached hydrogen (secondary N) is 1. The van der Waals surface area contributed by atoms with Crippen LogP contribution in [-0.2, 0) is 22.4 Å². The van der Waals surface area contributed by atoms with E-state index in [0.717, 1.165) is 47.4 Å². The molecule has 0 spiro atoms. The highest BCUT2D eigenvalue weighted by Crippen LogP contribution is 2.31. The summed E-state index contributed by atoms with van der Waals surface area (Å²) in [7, 11) is 0. The van der Waals surface area contributed by atoms with E-state index < -0.39 is 29.7 Å². The second-order valence-corrected chi connectivity index (χ2v) is 10.4. The maximum absolute atomic E-state index is 13.5. The van der Waals surface area contributed by atoms with Gasteiger partial charge in [0, 0.05) is 30.8 Å². The minimum atomic E-state index is -1.38. The number of nitrogens with zero attached hydrogens (tertiary/aromatic N) is 1. The molecule has 3 atom stereocenters. The number of hydrogen-bond acceptors (Lipinski definition) is 5. The van der Waals surface area contributed by atoms with Gasteiger partial charge in [-0.05, 0) is 85.0 Å². The van der Waals surface area contributed by atoms with Crippen LogP contribution in [0, 0.1) is 11.6 Å². The van der Waals surface area contributed by atoms with Crippen LogP contribution < -0.4 is 5.32 Å². The number of carbonyl (C=O) groups excluding carboxylic acids is 2. The van der Waals surface area contributed by atoms with Crippen LogP contribution >= 0.6 is 11.3 Å². The van der Waals surface area contributed by atoms with Gasteiger partial charge in [0.05, 0.1) is 12.1 Å². The fourth-order valence-corrected chi connectivity index (χ4v) is 5.39. The second kappa shape index (κ2) is 14.3. The lowest BCUT2D eigenvalue weighted by atomic mass is 9.95. The van der Waals surface area contributed by atoms with Crippen molar-refractivity contribution in [3.63, 3.8) is 0 Å². The number of rotatable bonds is 9. The van der Waals surface area contributed by atoms with Crippen LogP contribution in [-0.4, -0.2) is 58.8 Å². The van der Waals surface area contributed by atoms with Crippen molar-refractivity contribution in [3.8, 4) is 0 Å². The van der Waals surface area contributed by atoms with Gasteiger partial charge < -0.3 is 20.4 Å². The number of thiophene rings is 1. The second-order valence-electron chi connectivity index (χ2n) is 9.39. The molecular formula is C28H33F3N2O4S. The number of hydrogen-bond donors (Lipinski definition) is 3. The zero-order valence-electron chi connectivity index (χ0n) is 21.2. The van der Waals surface area contributed by atoms with E-state index in [1.807, 2.05) is 11.4 Å². The molecule has 0 bridgehead atoms. The first-order chi connectivity index (χ1) is 18.2. The van der Waals surface area contributed by atoms with Crippen LogP contribution in [0.2, 0.25) is 0 Å². The number of likely N-dealkylation sites (tertiary alicyclic amines) is 1. The summed E-state index contributed by atoms with van der Waals surface area (Å²) in [5, 5.41) is 23.5. The fraction of sp³-hybridized carbons (Fsp3) is 0.429. The van der Waals surface area contributed by atoms with Crippen molar-refractivity contribution < 1.29 is 33.0 Å². The Morgan fingerprint density at radius 1 is 1.21 bits per heavy atom. The number of aliphatic hydroxyl groups is 2. The Labute approximate surface area is 224 Å². The SMILES string of the molecule is CC(O)C(O)C(=O)N1CCCC1C1=CC=C(F)CC1.O=CNCCc1cc(Cc2cc(F)ccc2F)cs1. The number of benzene rings is 1. The van der Waals surface area contributed by atoms with Gasteiger partial charge in [-0.1, -0.05) is 6.08 Å². The van der Waals surface area contributed by atoms with Gasteiger partial charge in [0.25, 0.3) is 5.91 Å². The number of carbonyl (C=O) groups is 2. The minimum absolute atomic E-state index is 0.0646. The van der Waals surface area contributed by atoms with E-state index in [2.05, 4.69) is 5.32 Å². The minimum Gasteiger partial charge on any atom is -0.390 e. The molecule has 0 radical (unpaired) electrons. The van der Waals surface area contributed by atoms with Gasteiger partial charge in [0.2, 0.25) is 6.41 Å². The van der Waals surface area contributed by atoms with Crippen LogP contribution in [0.25, 0.3) is 0 Å². The maximum atomic E-state index is 13.5. The number of aliphatic hydroxyl groups excluding tert-OH is 2. The Hall–Kier alpha value is -2.95. The normalized spacial score (nSPS) is 18.6. The topological polar surface area (TPSA) is 89.9 Å². The van der Waals surface area contributed by atoms with Gasteiger partial charge in [0.15, 0.2) is 6.10 Å². The zero-order chi connectivity index (χ0) is 27.7. The predicted molar refractivity (Wildman–Crippen MR) is 140 cm³/mol. The summed E-state index contributed by atoms with van der Waals surface area (Å²) in [6.07, 6.45) is 5.21. The summed E-state index contributed by atoms with van der Waals surface area (Å²) in [6.45, 7) is 2.56. The average molecular weight is 551 g/mol. The van der Waals surface area contributed by atoms with Crippen molar-refractivity contribution in [3.05, 3.63) is 80.8 Å². The summed E-state index contributed by atoms with van der Waals surface area (Å²) < 4.78 is 39.6. The van der Waals surface area contributed by atoms with Crippen LogP contribution in [0.4, 0.5) is 13.2 Å². The zero-order valence-corrected chi connectivity index (χ0v) is 22.0. The largest absolute Gasteiger partial charge is 0.390 e. The van der Waals surface area contributed by atoms with Crippen LogP contribution in [0.3, 0.4) is 0 Å². The molecule has 1 fully saturated rings. The molecule has 38 heavy (non-hydrogen) atoms. The van der Waals surface area contributed by atoms with E-state index in [1.54, 1.807) is 22.3 Å². The smallest absolute Gasteiger partial charge is 0.254 e. The molecule has 1 aromatic heterocycles. The lowest BCUT2D eigenvalue weighted by Gasteiger charge is -2.30. The van der Waals surface area contributed by atoms with E-state index in [1.165, 1.54) is 19.1 Å². The highest BCUT2D eigenvalue weighted by Gasteiger charge is 2.35. The van der Waals surface area contributed by atoms with Gasteiger partial charge in [-0.15, -0.1) is 11.3 Å². The number of amides is 2. The number of allylic oxidation sites excluding steroid dienone is 3. The molecule has 2 amide bonds. The molecule has 2 aliphatic rings. The van der Waals surface area contributed by atoms with Crippen molar-refractivity contribution in [1.29, 1.82) is 0 Å². The molecule has 1 aromatic carbocycles. The maximum Gasteiger partial charge on any atom is 0.254 e. The van der Waals surface area contributed by atoms with Crippen molar-refractivity contribution >= 4 is 23.7 Å². The molecule has 6 nitrogen and oxygen atoms in total. The summed E-state index contributed by atoms with van der Waals surface area (Å²) in [5.41, 5.74) is 2.34. The van der Waals surface area contributed by atoms with E-state index in [-0.39, 0.29) is 11.9 Å². The summed E-state index contributed by atoms with van der Waals surface area (Å²) in [4.78, 5) is 25.0. The summed E-state index contributed by atoms with van der Waals surface area (Å²) in [6, 6.07) is 5.38. The summed E-state index contributed by atoms with van der Waals surface area (Å²) in [5.74, 6) is -1.39. The first-order valence-corrected chi connectivity index (χ1v) is 13.5. The van der Waals surface area contributed by atoms with Gasteiger partial charge in [0.1, 0.15) is 17.5 Å². The molecule has 1 saturated heterocycles. The predicted octanol–water partition coefficient (Wildman–Crippen LogP) is 4.20. The Balaban J connectivity index is 0.000000211. The molecular weight excluding hydrogens is 517 g/mol. The average Bonchev–Trinajstić information content (AvgIpc) is 3.56. The van der Waals surface area contributed by atoms with Crippen molar-refractivity contribution in [1.82, 2.24) is 10.2 Å². The first-order valence-electron chi connectivity index (χ1n) is 12.6. The molecule has 2 aromatic rings. The van der Waals surface area contributed by atoms with Crippen LogP contribution in [0.1, 0.15) is 48.6 Å². The lowest BCUT2D eigenvalue weighted by Crippen LogP contribution is -2.46. The molecule has 3 unspecified atom stereocenters. The van der Waals surface area contributed by atoms with Gasteiger partial charge >= 0.3 is 0 Å². The van der Waals surface area contributed by atoms with Gasteiger partial charge in [-0.2, -0.15) is 0 Å². The third kappa shape index (κ3) is 8.28. The monoisotopic (exact) mass is 550 g/mol. The number of halogens is 3. The molecule has 10 heteroatoms.